The SMILES string of the molecule is CN=C(NCCCn1nc(C)cc1C)NCc1ccc(C)cc1OCC1CCCO1.I. The minimum Gasteiger partial charge on any atom is -0.491 e. The van der Waals surface area contributed by atoms with Gasteiger partial charge in [-0.15, -0.1) is 24.0 Å². The van der Waals surface area contributed by atoms with Gasteiger partial charge in [0.1, 0.15) is 12.4 Å². The van der Waals surface area contributed by atoms with Gasteiger partial charge in [0.15, 0.2) is 5.96 Å². The fourth-order valence-electron chi connectivity index (χ4n) is 3.64. The molecule has 0 saturated carbocycles. The summed E-state index contributed by atoms with van der Waals surface area (Å²) in [6.45, 7) is 10.0. The zero-order valence-corrected chi connectivity index (χ0v) is 21.4. The Hall–Kier alpha value is -1.81. The largest absolute Gasteiger partial charge is 0.491 e. The number of benzene rings is 1. The fourth-order valence-corrected chi connectivity index (χ4v) is 3.64. The standard InChI is InChI=1S/C23H35N5O2.HI/c1-17-8-9-20(22(13-17)30-16-21-7-5-12-29-21)15-26-23(24-4)25-10-6-11-28-19(3)14-18(2)27-28;/h8-9,13-14,21H,5-7,10-12,15-16H2,1-4H3,(H2,24,25,26);1H. The van der Waals surface area contributed by atoms with Gasteiger partial charge in [0.05, 0.1) is 11.8 Å². The van der Waals surface area contributed by atoms with Gasteiger partial charge in [0, 0.05) is 44.5 Å². The summed E-state index contributed by atoms with van der Waals surface area (Å²) in [5, 5.41) is 11.3. The molecule has 1 unspecified atom stereocenters. The highest BCUT2D eigenvalue weighted by Gasteiger charge is 2.17. The van der Waals surface area contributed by atoms with E-state index in [9.17, 15) is 0 Å². The quantitative estimate of drug-likeness (QED) is 0.219. The van der Waals surface area contributed by atoms with Crippen LogP contribution in [0.25, 0.3) is 0 Å². The second-order valence-electron chi connectivity index (χ2n) is 7.91. The van der Waals surface area contributed by atoms with Crippen molar-refractivity contribution in [3.8, 4) is 5.75 Å². The molecule has 2 heterocycles. The lowest BCUT2D eigenvalue weighted by Crippen LogP contribution is -2.37. The molecule has 31 heavy (non-hydrogen) atoms. The molecule has 1 aromatic heterocycles. The van der Waals surface area contributed by atoms with E-state index >= 15 is 0 Å². The number of nitrogens with zero attached hydrogens (tertiary/aromatic N) is 3. The van der Waals surface area contributed by atoms with Crippen molar-refractivity contribution in [1.29, 1.82) is 0 Å². The first-order chi connectivity index (χ1) is 14.5. The Morgan fingerprint density at radius 1 is 1.26 bits per heavy atom. The van der Waals surface area contributed by atoms with Crippen molar-refractivity contribution in [3.05, 3.63) is 46.8 Å². The first kappa shape index (κ1) is 25.5. The highest BCUT2D eigenvalue weighted by molar-refractivity contribution is 14.0. The second kappa shape index (κ2) is 12.9. The van der Waals surface area contributed by atoms with Crippen molar-refractivity contribution in [2.24, 2.45) is 4.99 Å². The maximum Gasteiger partial charge on any atom is 0.191 e. The third kappa shape index (κ3) is 7.99. The summed E-state index contributed by atoms with van der Waals surface area (Å²) in [5.41, 5.74) is 4.57. The van der Waals surface area contributed by atoms with Crippen LogP contribution in [0.5, 0.6) is 5.75 Å². The van der Waals surface area contributed by atoms with Crippen LogP contribution < -0.4 is 15.4 Å². The van der Waals surface area contributed by atoms with Crippen LogP contribution in [0.4, 0.5) is 0 Å². The van der Waals surface area contributed by atoms with E-state index in [2.05, 4.69) is 63.5 Å². The molecule has 7 nitrogen and oxygen atoms in total. The van der Waals surface area contributed by atoms with E-state index in [0.29, 0.717) is 13.2 Å². The number of aryl methyl sites for hydroxylation is 4. The van der Waals surface area contributed by atoms with E-state index in [1.165, 1.54) is 11.3 Å². The summed E-state index contributed by atoms with van der Waals surface area (Å²) in [4.78, 5) is 4.34. The molecular weight excluding hydrogens is 505 g/mol. The molecule has 0 aliphatic carbocycles. The van der Waals surface area contributed by atoms with Crippen LogP contribution in [0.1, 0.15) is 41.8 Å². The molecule has 0 spiro atoms. The van der Waals surface area contributed by atoms with Gasteiger partial charge in [-0.25, -0.2) is 0 Å². The molecule has 2 N–H and O–H groups in total. The van der Waals surface area contributed by atoms with E-state index in [4.69, 9.17) is 9.47 Å². The Labute approximate surface area is 203 Å². The number of hydrogen-bond donors (Lipinski definition) is 2. The number of halogens is 1. The molecular formula is C23H36IN5O2. The second-order valence-corrected chi connectivity index (χ2v) is 7.91. The molecule has 0 bridgehead atoms. The van der Waals surface area contributed by atoms with Gasteiger partial charge in [0.25, 0.3) is 0 Å². The zero-order chi connectivity index (χ0) is 21.3. The Bertz CT molecular complexity index is 846. The van der Waals surface area contributed by atoms with E-state index in [1.54, 1.807) is 7.05 Å². The lowest BCUT2D eigenvalue weighted by atomic mass is 10.1. The van der Waals surface area contributed by atoms with Crippen LogP contribution in [-0.2, 0) is 17.8 Å². The van der Waals surface area contributed by atoms with Crippen LogP contribution >= 0.6 is 24.0 Å². The van der Waals surface area contributed by atoms with Crippen LogP contribution in [0.3, 0.4) is 0 Å². The van der Waals surface area contributed by atoms with Gasteiger partial charge in [0.2, 0.25) is 0 Å². The van der Waals surface area contributed by atoms with Gasteiger partial charge in [-0.05, 0) is 57.7 Å². The van der Waals surface area contributed by atoms with Crippen molar-refractivity contribution in [2.75, 3.05) is 26.8 Å². The fraction of sp³-hybridized carbons (Fsp3) is 0.565. The Morgan fingerprint density at radius 3 is 2.77 bits per heavy atom. The molecule has 172 valence electrons. The Kier molecular flexibility index (Phi) is 10.6. The summed E-state index contributed by atoms with van der Waals surface area (Å²) < 4.78 is 13.8. The summed E-state index contributed by atoms with van der Waals surface area (Å²) in [7, 11) is 1.79. The number of aromatic nitrogens is 2. The minimum atomic E-state index is 0. The molecule has 3 rings (SSSR count). The van der Waals surface area contributed by atoms with Crippen molar-refractivity contribution in [1.82, 2.24) is 20.4 Å². The molecule has 0 radical (unpaired) electrons. The smallest absolute Gasteiger partial charge is 0.191 e. The van der Waals surface area contributed by atoms with Gasteiger partial charge in [-0.3, -0.25) is 9.67 Å². The summed E-state index contributed by atoms with van der Waals surface area (Å²) in [6, 6.07) is 8.42. The van der Waals surface area contributed by atoms with Gasteiger partial charge in [-0.1, -0.05) is 12.1 Å². The molecule has 1 fully saturated rings. The Balaban J connectivity index is 0.00000341. The van der Waals surface area contributed by atoms with Crippen molar-refractivity contribution in [2.45, 2.75) is 59.2 Å². The number of aliphatic imine (C=N–C) groups is 1. The summed E-state index contributed by atoms with van der Waals surface area (Å²) >= 11 is 0. The van der Waals surface area contributed by atoms with Crippen LogP contribution in [-0.4, -0.2) is 48.7 Å². The van der Waals surface area contributed by atoms with Gasteiger partial charge in [-0.2, -0.15) is 5.10 Å². The van der Waals surface area contributed by atoms with Crippen LogP contribution in [0.15, 0.2) is 29.3 Å². The van der Waals surface area contributed by atoms with Gasteiger partial charge >= 0.3 is 0 Å². The normalized spacial score (nSPS) is 16.1. The Morgan fingerprint density at radius 2 is 2.10 bits per heavy atom. The topological polar surface area (TPSA) is 72.7 Å². The van der Waals surface area contributed by atoms with Crippen molar-refractivity contribution < 1.29 is 9.47 Å². The van der Waals surface area contributed by atoms with E-state index in [1.807, 2.05) is 6.92 Å². The summed E-state index contributed by atoms with van der Waals surface area (Å²) in [5.74, 6) is 1.70. The highest BCUT2D eigenvalue weighted by Crippen LogP contribution is 2.22. The third-order valence-corrected chi connectivity index (χ3v) is 5.28. The molecule has 1 aromatic carbocycles. The first-order valence-corrected chi connectivity index (χ1v) is 10.8. The molecule has 0 amide bonds. The predicted octanol–water partition coefficient (Wildman–Crippen LogP) is 3.74. The molecule has 8 heteroatoms. The lowest BCUT2D eigenvalue weighted by molar-refractivity contribution is 0.0676. The van der Waals surface area contributed by atoms with Crippen LogP contribution in [0.2, 0.25) is 0 Å². The molecule has 1 saturated heterocycles. The number of ether oxygens (including phenoxy) is 2. The van der Waals surface area contributed by atoms with Crippen LogP contribution in [0, 0.1) is 20.8 Å². The summed E-state index contributed by atoms with van der Waals surface area (Å²) in [6.07, 6.45) is 3.39. The zero-order valence-electron chi connectivity index (χ0n) is 19.1. The van der Waals surface area contributed by atoms with E-state index < -0.39 is 0 Å². The number of hydrogen-bond acceptors (Lipinski definition) is 4. The number of guanidine groups is 1. The highest BCUT2D eigenvalue weighted by atomic mass is 127. The molecule has 1 atom stereocenters. The molecule has 1 aliphatic rings. The van der Waals surface area contributed by atoms with E-state index in [-0.39, 0.29) is 30.1 Å². The number of nitrogens with one attached hydrogen (secondary N) is 2. The van der Waals surface area contributed by atoms with E-state index in [0.717, 1.165) is 61.9 Å². The predicted molar refractivity (Wildman–Crippen MR) is 136 cm³/mol. The maximum absolute atomic E-state index is 6.09. The molecule has 2 aromatic rings. The van der Waals surface area contributed by atoms with Crippen molar-refractivity contribution in [3.63, 3.8) is 0 Å². The monoisotopic (exact) mass is 541 g/mol. The maximum atomic E-state index is 6.09. The average Bonchev–Trinajstić information content (AvgIpc) is 3.36. The molecule has 1 aliphatic heterocycles. The number of rotatable bonds is 9. The third-order valence-electron chi connectivity index (χ3n) is 5.28. The minimum absolute atomic E-state index is 0. The lowest BCUT2D eigenvalue weighted by Gasteiger charge is -2.17. The average molecular weight is 541 g/mol. The van der Waals surface area contributed by atoms with Crippen molar-refractivity contribution >= 4 is 29.9 Å². The first-order valence-electron chi connectivity index (χ1n) is 10.8. The van der Waals surface area contributed by atoms with Gasteiger partial charge < -0.3 is 20.1 Å².